The van der Waals surface area contributed by atoms with Gasteiger partial charge in [0.05, 0.1) is 5.60 Å². The number of hydrogen-bond donors (Lipinski definition) is 2. The van der Waals surface area contributed by atoms with Gasteiger partial charge in [-0.15, -0.1) is 0 Å². The smallest absolute Gasteiger partial charge is 0.303 e. The molecule has 10 heteroatoms. The summed E-state index contributed by atoms with van der Waals surface area (Å²) in [7, 11) is 0. The van der Waals surface area contributed by atoms with Gasteiger partial charge in [-0.25, -0.2) is 0 Å². The molecule has 0 radical (unpaired) electrons. The highest BCUT2D eigenvalue weighted by Crippen LogP contribution is 2.77. The minimum absolute atomic E-state index is 0.0474. The third-order valence-electron chi connectivity index (χ3n) is 9.27. The molecule has 4 aliphatic carbocycles. The van der Waals surface area contributed by atoms with Crippen LogP contribution in [0.5, 0.6) is 0 Å². The maximum Gasteiger partial charge on any atom is 0.303 e. The first kappa shape index (κ1) is 28.3. The van der Waals surface area contributed by atoms with Crippen LogP contribution in [-0.4, -0.2) is 69.7 Å². The molecule has 210 valence electrons. The van der Waals surface area contributed by atoms with Crippen molar-refractivity contribution < 1.29 is 48.3 Å². The SMILES string of the molecule is CC(=O)OCC1=C[C@H]2[C@@H]3C(C)(C)[C@]3(OC(C)=O)[C@H](OC(C)=O)[C@@H](C)[C@]2(O)[C@@H]2C=C(C)[C@H](OC(C)=O)[C@@]2(O)C1. The number of fused-ring (bicyclic) bond motifs is 5. The zero-order valence-electron chi connectivity index (χ0n) is 23.2. The molecule has 0 amide bonds. The molecule has 2 fully saturated rings. The van der Waals surface area contributed by atoms with E-state index in [-0.39, 0.29) is 13.0 Å². The number of rotatable bonds is 5. The predicted octanol–water partition coefficient (Wildman–Crippen LogP) is 2.01. The summed E-state index contributed by atoms with van der Waals surface area (Å²) in [5.74, 6) is -5.21. The second-order valence-electron chi connectivity index (χ2n) is 12.0. The molecule has 0 spiro atoms. The molecule has 4 rings (SSSR count). The number of esters is 4. The largest absolute Gasteiger partial charge is 0.461 e. The summed E-state index contributed by atoms with van der Waals surface area (Å²) in [6.07, 6.45) is 1.40. The van der Waals surface area contributed by atoms with Gasteiger partial charge in [-0.3, -0.25) is 19.2 Å². The first-order chi connectivity index (χ1) is 17.4. The van der Waals surface area contributed by atoms with E-state index in [1.54, 1.807) is 26.0 Å². The van der Waals surface area contributed by atoms with Crippen LogP contribution in [0, 0.1) is 29.1 Å². The molecule has 9 atom stereocenters. The van der Waals surface area contributed by atoms with Crippen molar-refractivity contribution in [3.05, 3.63) is 23.3 Å². The van der Waals surface area contributed by atoms with Crippen molar-refractivity contribution >= 4 is 23.9 Å². The lowest BCUT2D eigenvalue weighted by molar-refractivity contribution is -0.235. The molecule has 0 aromatic rings. The highest BCUT2D eigenvalue weighted by molar-refractivity contribution is 5.70. The van der Waals surface area contributed by atoms with Gasteiger partial charge in [-0.2, -0.15) is 0 Å². The molecule has 10 nitrogen and oxygen atoms in total. The van der Waals surface area contributed by atoms with E-state index in [0.29, 0.717) is 11.1 Å². The topological polar surface area (TPSA) is 146 Å². The van der Waals surface area contributed by atoms with Crippen LogP contribution < -0.4 is 0 Å². The number of ether oxygens (including phenoxy) is 4. The Balaban J connectivity index is 1.95. The number of carbonyl (C=O) groups is 4. The maximum atomic E-state index is 12.8. The van der Waals surface area contributed by atoms with Crippen LogP contribution in [0.2, 0.25) is 0 Å². The van der Waals surface area contributed by atoms with E-state index in [1.165, 1.54) is 27.7 Å². The van der Waals surface area contributed by atoms with Gasteiger partial charge >= 0.3 is 23.9 Å². The average molecular weight is 535 g/mol. The van der Waals surface area contributed by atoms with E-state index in [9.17, 15) is 29.4 Å². The summed E-state index contributed by atoms with van der Waals surface area (Å²) >= 11 is 0. The molecule has 0 aromatic carbocycles. The second kappa shape index (κ2) is 8.91. The summed E-state index contributed by atoms with van der Waals surface area (Å²) in [6.45, 7) is 12.1. The lowest BCUT2D eigenvalue weighted by atomic mass is 9.58. The zero-order chi connectivity index (χ0) is 28.6. The fraction of sp³-hybridized carbons (Fsp3) is 0.714. The van der Waals surface area contributed by atoms with E-state index in [1.807, 2.05) is 13.8 Å². The van der Waals surface area contributed by atoms with Crippen LogP contribution in [0.4, 0.5) is 0 Å². The minimum atomic E-state index is -1.78. The second-order valence-corrected chi connectivity index (χ2v) is 12.0. The third kappa shape index (κ3) is 3.82. The van der Waals surface area contributed by atoms with E-state index in [4.69, 9.17) is 18.9 Å². The fourth-order valence-electron chi connectivity index (χ4n) is 7.94. The Morgan fingerprint density at radius 3 is 2.08 bits per heavy atom. The van der Waals surface area contributed by atoms with Crippen LogP contribution >= 0.6 is 0 Å². The first-order valence-electron chi connectivity index (χ1n) is 12.9. The van der Waals surface area contributed by atoms with Crippen molar-refractivity contribution in [2.75, 3.05) is 6.61 Å². The molecule has 2 N–H and O–H groups in total. The summed E-state index contributed by atoms with van der Waals surface area (Å²) in [6, 6.07) is 0. The molecular weight excluding hydrogens is 496 g/mol. The quantitative estimate of drug-likeness (QED) is 0.305. The summed E-state index contributed by atoms with van der Waals surface area (Å²) in [5, 5.41) is 25.0. The van der Waals surface area contributed by atoms with Crippen molar-refractivity contribution in [2.45, 2.75) is 90.8 Å². The van der Waals surface area contributed by atoms with Gasteiger partial charge in [0.2, 0.25) is 0 Å². The van der Waals surface area contributed by atoms with E-state index in [2.05, 4.69) is 0 Å². The number of carbonyl (C=O) groups excluding carboxylic acids is 4. The molecule has 0 aromatic heterocycles. The molecule has 0 aliphatic heterocycles. The van der Waals surface area contributed by atoms with Gasteiger partial charge in [0.25, 0.3) is 0 Å². The Kier molecular flexibility index (Phi) is 6.63. The molecule has 38 heavy (non-hydrogen) atoms. The molecule has 0 unspecified atom stereocenters. The molecule has 0 saturated heterocycles. The fourth-order valence-corrected chi connectivity index (χ4v) is 7.94. The van der Waals surface area contributed by atoms with Crippen molar-refractivity contribution in [3.63, 3.8) is 0 Å². The normalized spacial score (nSPS) is 42.2. The van der Waals surface area contributed by atoms with Crippen molar-refractivity contribution in [1.29, 1.82) is 0 Å². The van der Waals surface area contributed by atoms with Crippen LogP contribution in [0.25, 0.3) is 0 Å². The van der Waals surface area contributed by atoms with E-state index < -0.39 is 82.0 Å². The Morgan fingerprint density at radius 2 is 1.55 bits per heavy atom. The van der Waals surface area contributed by atoms with Gasteiger partial charge in [0.1, 0.15) is 18.3 Å². The molecular formula is C28H38O10. The van der Waals surface area contributed by atoms with Crippen molar-refractivity contribution in [3.8, 4) is 0 Å². The third-order valence-corrected chi connectivity index (χ3v) is 9.27. The monoisotopic (exact) mass is 534 g/mol. The number of aliphatic hydroxyl groups is 2. The van der Waals surface area contributed by atoms with Crippen LogP contribution in [-0.2, 0) is 38.1 Å². The average Bonchev–Trinajstić information content (AvgIpc) is 3.18. The summed E-state index contributed by atoms with van der Waals surface area (Å²) in [4.78, 5) is 48.3. The predicted molar refractivity (Wildman–Crippen MR) is 132 cm³/mol. The van der Waals surface area contributed by atoms with E-state index in [0.717, 1.165) is 0 Å². The molecule has 0 bridgehead atoms. The molecule has 4 aliphatic rings. The zero-order valence-corrected chi connectivity index (χ0v) is 23.2. The Morgan fingerprint density at radius 1 is 0.947 bits per heavy atom. The lowest BCUT2D eigenvalue weighted by Gasteiger charge is -2.53. The summed E-state index contributed by atoms with van der Waals surface area (Å²) < 4.78 is 22.6. The van der Waals surface area contributed by atoms with Crippen molar-refractivity contribution in [1.82, 2.24) is 0 Å². The standard InChI is InChI=1S/C28H38O10/c1-13-9-21-26(33,23(13)36-16(4)30)11-19(12-35-15(3)29)10-20-22-25(7,8)28(22,38-18(6)32)24(37-17(5)31)14(2)27(20,21)34/h9-10,14,20-24,33-34H,11-12H2,1-8H3/t14-,20+,21-,22-,23+,24-,26-,27-,28-/m1/s1. The summed E-state index contributed by atoms with van der Waals surface area (Å²) in [5.41, 5.74) is -4.34. The van der Waals surface area contributed by atoms with Gasteiger partial charge < -0.3 is 29.2 Å². The van der Waals surface area contributed by atoms with Gasteiger partial charge in [-0.05, 0) is 18.1 Å². The van der Waals surface area contributed by atoms with E-state index >= 15 is 0 Å². The first-order valence-corrected chi connectivity index (χ1v) is 12.9. The highest BCUT2D eigenvalue weighted by Gasteiger charge is 2.87. The van der Waals surface area contributed by atoms with Gasteiger partial charge in [0, 0.05) is 63.2 Å². The Bertz CT molecular complexity index is 1140. The molecule has 0 heterocycles. The van der Waals surface area contributed by atoms with Gasteiger partial charge in [-0.1, -0.05) is 32.9 Å². The van der Waals surface area contributed by atoms with Crippen LogP contribution in [0.15, 0.2) is 23.3 Å². The minimum Gasteiger partial charge on any atom is -0.461 e. The Hall–Kier alpha value is -2.72. The lowest BCUT2D eigenvalue weighted by Crippen LogP contribution is -2.66. The van der Waals surface area contributed by atoms with Crippen LogP contribution in [0.3, 0.4) is 0 Å². The Labute approximate surface area is 222 Å². The van der Waals surface area contributed by atoms with Gasteiger partial charge in [0.15, 0.2) is 11.7 Å². The number of hydrogen-bond acceptors (Lipinski definition) is 10. The van der Waals surface area contributed by atoms with Crippen molar-refractivity contribution in [2.24, 2.45) is 29.1 Å². The van der Waals surface area contributed by atoms with Crippen LogP contribution in [0.1, 0.15) is 61.8 Å². The maximum absolute atomic E-state index is 12.8. The highest BCUT2D eigenvalue weighted by atomic mass is 16.6. The molecule has 2 saturated carbocycles.